The van der Waals surface area contributed by atoms with E-state index in [0.717, 1.165) is 64.2 Å². The number of aliphatic carboxylic acids is 2. The molecule has 162 valence electrons. The van der Waals surface area contributed by atoms with Crippen molar-refractivity contribution in [2.24, 2.45) is 0 Å². The molecule has 0 aliphatic rings. The number of likely N-dealkylation sites (N-methyl/N-ethyl adjacent to an activating group) is 1. The molecule has 1 atom stereocenters. The Morgan fingerprint density at radius 3 is 1.75 bits per heavy atom. The Kier molecular flexibility index (Phi) is 15.4. The van der Waals surface area contributed by atoms with Gasteiger partial charge in [-0.05, 0) is 44.9 Å². The van der Waals surface area contributed by atoms with Gasteiger partial charge in [-0.3, -0.25) is 4.79 Å². The van der Waals surface area contributed by atoms with E-state index in [-0.39, 0.29) is 6.04 Å². The van der Waals surface area contributed by atoms with Gasteiger partial charge in [0.2, 0.25) is 0 Å². The molecule has 5 heteroatoms. The summed E-state index contributed by atoms with van der Waals surface area (Å²) in [5.41, 5.74) is 0. The zero-order valence-corrected chi connectivity index (χ0v) is 18.2. The van der Waals surface area contributed by atoms with E-state index in [4.69, 9.17) is 5.11 Å². The molecular weight excluding hydrogens is 354 g/mol. The summed E-state index contributed by atoms with van der Waals surface area (Å²) < 4.78 is 0.478. The molecule has 28 heavy (non-hydrogen) atoms. The molecule has 0 amide bonds. The number of hydrogen-bond acceptors (Lipinski definition) is 2. The normalized spacial score (nSPS) is 13.4. The van der Waals surface area contributed by atoms with E-state index in [1.54, 1.807) is 0 Å². The van der Waals surface area contributed by atoms with Gasteiger partial charge in [-0.2, -0.15) is 0 Å². The van der Waals surface area contributed by atoms with Crippen LogP contribution in [0.15, 0.2) is 24.3 Å². The van der Waals surface area contributed by atoms with Gasteiger partial charge >= 0.3 is 11.9 Å². The maximum absolute atomic E-state index is 11.3. The smallest absolute Gasteiger partial charge is 0.362 e. The van der Waals surface area contributed by atoms with Crippen molar-refractivity contribution in [3.8, 4) is 0 Å². The van der Waals surface area contributed by atoms with Gasteiger partial charge in [0.1, 0.15) is 0 Å². The number of nitrogens with zero attached hydrogens (tertiary/aromatic N) is 1. The number of rotatable bonds is 18. The van der Waals surface area contributed by atoms with E-state index in [0.29, 0.717) is 10.9 Å². The van der Waals surface area contributed by atoms with E-state index in [2.05, 4.69) is 24.3 Å². The SMILES string of the molecule is C[N+](C)(C)C(CCCCCC=CCC=CCCCCCCCC(=O)O)C(=O)O. The van der Waals surface area contributed by atoms with Crippen molar-refractivity contribution in [3.63, 3.8) is 0 Å². The van der Waals surface area contributed by atoms with Gasteiger partial charge in [0, 0.05) is 12.8 Å². The Hall–Kier alpha value is -1.62. The first-order valence-electron chi connectivity index (χ1n) is 10.8. The zero-order valence-electron chi connectivity index (χ0n) is 18.2. The quantitative estimate of drug-likeness (QED) is 0.184. The monoisotopic (exact) mass is 396 g/mol. The second-order valence-electron chi connectivity index (χ2n) is 8.49. The summed E-state index contributed by atoms with van der Waals surface area (Å²) in [6, 6.07) is -0.314. The average Bonchev–Trinajstić information content (AvgIpc) is 2.59. The highest BCUT2D eigenvalue weighted by atomic mass is 16.4. The molecule has 0 aromatic rings. The number of carboxylic acid groups (broad SMARTS) is 2. The van der Waals surface area contributed by atoms with Gasteiger partial charge in [-0.1, -0.05) is 50.0 Å². The van der Waals surface area contributed by atoms with Crippen LogP contribution in [0, 0.1) is 0 Å². The Morgan fingerprint density at radius 1 is 0.750 bits per heavy atom. The summed E-state index contributed by atoms with van der Waals surface area (Å²) in [5.74, 6) is -1.39. The summed E-state index contributed by atoms with van der Waals surface area (Å²) in [5, 5.41) is 17.9. The minimum Gasteiger partial charge on any atom is -0.481 e. The highest BCUT2D eigenvalue weighted by Gasteiger charge is 2.30. The third kappa shape index (κ3) is 16.5. The van der Waals surface area contributed by atoms with E-state index >= 15 is 0 Å². The van der Waals surface area contributed by atoms with Crippen molar-refractivity contribution in [3.05, 3.63) is 24.3 Å². The predicted octanol–water partition coefficient (Wildman–Crippen LogP) is 5.41. The molecule has 0 aliphatic heterocycles. The first-order valence-corrected chi connectivity index (χ1v) is 10.8. The van der Waals surface area contributed by atoms with Crippen LogP contribution in [0.2, 0.25) is 0 Å². The van der Waals surface area contributed by atoms with Gasteiger partial charge in [0.15, 0.2) is 6.04 Å². The molecule has 1 unspecified atom stereocenters. The Morgan fingerprint density at radius 2 is 1.25 bits per heavy atom. The van der Waals surface area contributed by atoms with Crippen LogP contribution in [0.1, 0.15) is 83.5 Å². The van der Waals surface area contributed by atoms with Crippen molar-refractivity contribution in [2.75, 3.05) is 21.1 Å². The van der Waals surface area contributed by atoms with E-state index < -0.39 is 11.9 Å². The van der Waals surface area contributed by atoms with Crippen molar-refractivity contribution in [1.29, 1.82) is 0 Å². The van der Waals surface area contributed by atoms with Gasteiger partial charge in [-0.15, -0.1) is 0 Å². The third-order valence-electron chi connectivity index (χ3n) is 4.94. The maximum atomic E-state index is 11.3. The fourth-order valence-electron chi connectivity index (χ4n) is 3.19. The highest BCUT2D eigenvalue weighted by Crippen LogP contribution is 2.14. The number of carbonyl (C=O) groups is 2. The summed E-state index contributed by atoms with van der Waals surface area (Å²) in [7, 11) is 5.83. The largest absolute Gasteiger partial charge is 0.481 e. The van der Waals surface area contributed by atoms with Crippen LogP contribution in [-0.2, 0) is 9.59 Å². The van der Waals surface area contributed by atoms with Crippen LogP contribution in [0.5, 0.6) is 0 Å². The van der Waals surface area contributed by atoms with Crippen LogP contribution in [-0.4, -0.2) is 53.8 Å². The highest BCUT2D eigenvalue weighted by molar-refractivity contribution is 5.72. The van der Waals surface area contributed by atoms with Gasteiger partial charge < -0.3 is 14.7 Å². The average molecular weight is 397 g/mol. The number of unbranched alkanes of at least 4 members (excludes halogenated alkanes) is 8. The van der Waals surface area contributed by atoms with Crippen molar-refractivity contribution in [2.45, 2.75) is 89.5 Å². The van der Waals surface area contributed by atoms with Crippen LogP contribution < -0.4 is 0 Å². The number of carboxylic acids is 2. The summed E-state index contributed by atoms with van der Waals surface area (Å²) >= 11 is 0. The van der Waals surface area contributed by atoms with E-state index in [1.807, 2.05) is 21.1 Å². The predicted molar refractivity (Wildman–Crippen MR) is 115 cm³/mol. The molecule has 0 bridgehead atoms. The Balaban J connectivity index is 3.52. The molecule has 0 heterocycles. The Bertz CT molecular complexity index is 477. The summed E-state index contributed by atoms with van der Waals surface area (Å²) in [6.07, 6.45) is 21.5. The molecule has 0 aromatic carbocycles. The minimum atomic E-state index is -0.697. The van der Waals surface area contributed by atoms with Gasteiger partial charge in [0.25, 0.3) is 0 Å². The summed E-state index contributed by atoms with van der Waals surface area (Å²) in [4.78, 5) is 21.7. The number of allylic oxidation sites excluding steroid dienone is 4. The molecule has 0 aliphatic carbocycles. The molecule has 0 aromatic heterocycles. The zero-order chi connectivity index (χ0) is 21.3. The lowest BCUT2D eigenvalue weighted by Crippen LogP contribution is -2.49. The minimum absolute atomic E-state index is 0.297. The fraction of sp³-hybridized carbons (Fsp3) is 0.739. The van der Waals surface area contributed by atoms with Crippen molar-refractivity contribution < 1.29 is 24.3 Å². The molecule has 2 N–H and O–H groups in total. The lowest BCUT2D eigenvalue weighted by molar-refractivity contribution is -0.887. The fourth-order valence-corrected chi connectivity index (χ4v) is 3.19. The molecule has 0 radical (unpaired) electrons. The summed E-state index contributed by atoms with van der Waals surface area (Å²) in [6.45, 7) is 0. The second kappa shape index (κ2) is 16.3. The first-order chi connectivity index (χ1) is 13.2. The lowest BCUT2D eigenvalue weighted by atomic mass is 10.0. The number of hydrogen-bond donors (Lipinski definition) is 2. The molecular formula is C23H42NO4+. The molecule has 0 rings (SSSR count). The van der Waals surface area contributed by atoms with Gasteiger partial charge in [-0.25, -0.2) is 4.79 Å². The maximum Gasteiger partial charge on any atom is 0.362 e. The lowest BCUT2D eigenvalue weighted by Gasteiger charge is -2.31. The van der Waals surface area contributed by atoms with Crippen molar-refractivity contribution in [1.82, 2.24) is 0 Å². The van der Waals surface area contributed by atoms with Crippen molar-refractivity contribution >= 4 is 11.9 Å². The van der Waals surface area contributed by atoms with Crippen LogP contribution >= 0.6 is 0 Å². The van der Waals surface area contributed by atoms with Crippen LogP contribution in [0.3, 0.4) is 0 Å². The topological polar surface area (TPSA) is 74.6 Å². The third-order valence-corrected chi connectivity index (χ3v) is 4.94. The van der Waals surface area contributed by atoms with E-state index in [1.165, 1.54) is 12.8 Å². The first kappa shape index (κ1) is 26.4. The Labute approximate surface area is 171 Å². The van der Waals surface area contributed by atoms with Crippen LogP contribution in [0.25, 0.3) is 0 Å². The molecule has 0 fully saturated rings. The second-order valence-corrected chi connectivity index (χ2v) is 8.49. The molecule has 0 saturated carbocycles. The van der Waals surface area contributed by atoms with E-state index in [9.17, 15) is 14.7 Å². The molecule has 0 saturated heterocycles. The number of quaternary nitrogens is 1. The van der Waals surface area contributed by atoms with Crippen LogP contribution in [0.4, 0.5) is 0 Å². The molecule has 5 nitrogen and oxygen atoms in total. The molecule has 0 spiro atoms. The van der Waals surface area contributed by atoms with Gasteiger partial charge in [0.05, 0.1) is 21.1 Å². The standard InChI is InChI=1S/C23H41NO4/c1-24(2,3)21(23(27)28)19-17-15-13-11-9-7-5-4-6-8-10-12-14-16-18-20-22(25)26/h4,6-7,9,21H,5,8,10-20H2,1-3H3,(H-,25,26,27,28)/p+1.